The summed E-state index contributed by atoms with van der Waals surface area (Å²) in [6, 6.07) is 5.17. The van der Waals surface area contributed by atoms with Gasteiger partial charge in [0.05, 0.1) is 20.3 Å². The number of rotatable bonds is 6. The topological polar surface area (TPSA) is 87.7 Å². The number of ether oxygens (including phenoxy) is 2. The second-order valence-electron chi connectivity index (χ2n) is 6.16. The Kier molecular flexibility index (Phi) is 6.06. The first kappa shape index (κ1) is 18.1. The summed E-state index contributed by atoms with van der Waals surface area (Å²) < 4.78 is 10.5. The molecule has 1 aliphatic carbocycles. The minimum Gasteiger partial charge on any atom is -0.550 e. The van der Waals surface area contributed by atoms with Gasteiger partial charge >= 0.3 is 0 Å². The lowest BCUT2D eigenvalue weighted by Gasteiger charge is -2.32. The van der Waals surface area contributed by atoms with Gasteiger partial charge < -0.3 is 24.7 Å². The number of benzene rings is 1. The molecule has 0 spiro atoms. The smallest absolute Gasteiger partial charge is 0.224 e. The molecule has 1 aromatic rings. The number of hydrogen-bond donors (Lipinski definition) is 1. The van der Waals surface area contributed by atoms with Crippen LogP contribution in [0, 0.1) is 11.8 Å². The van der Waals surface area contributed by atoms with Crippen molar-refractivity contribution in [2.45, 2.75) is 38.6 Å². The molecule has 0 radical (unpaired) electrons. The summed E-state index contributed by atoms with van der Waals surface area (Å²) in [5.41, 5.74) is 0.863. The number of aliphatic carboxylic acids is 1. The van der Waals surface area contributed by atoms with Crippen LogP contribution < -0.4 is 19.9 Å². The van der Waals surface area contributed by atoms with E-state index < -0.39 is 17.8 Å². The Morgan fingerprint density at radius 2 is 1.75 bits per heavy atom. The van der Waals surface area contributed by atoms with E-state index in [1.807, 2.05) is 13.0 Å². The largest absolute Gasteiger partial charge is 0.550 e. The van der Waals surface area contributed by atoms with Crippen LogP contribution in [0.5, 0.6) is 11.5 Å². The number of carbonyl (C=O) groups is 2. The number of nitrogens with one attached hydrogen (secondary N) is 1. The van der Waals surface area contributed by atoms with Gasteiger partial charge in [-0.25, -0.2) is 0 Å². The molecule has 0 aromatic heterocycles. The van der Waals surface area contributed by atoms with Crippen LogP contribution in [0.4, 0.5) is 0 Å². The highest BCUT2D eigenvalue weighted by atomic mass is 16.5. The molecule has 1 N–H and O–H groups in total. The van der Waals surface area contributed by atoms with Crippen LogP contribution in [0.1, 0.15) is 44.2 Å². The van der Waals surface area contributed by atoms with Crippen LogP contribution in [0.25, 0.3) is 0 Å². The molecule has 1 aliphatic rings. The standard InChI is InChI=1S/C18H25NO5/c1-11(12-8-9-15(23-2)16(10-12)24-3)19-17(20)13-6-4-5-7-14(13)18(21)22/h8-11,13-14H,4-7H2,1-3H3,(H,19,20)(H,21,22)/p-1/t11-,13-,14-/m0/s1. The van der Waals surface area contributed by atoms with Gasteiger partial charge in [-0.2, -0.15) is 0 Å². The minimum absolute atomic E-state index is 0.230. The van der Waals surface area contributed by atoms with Gasteiger partial charge in [0.1, 0.15) is 0 Å². The van der Waals surface area contributed by atoms with Crippen molar-refractivity contribution in [2.75, 3.05) is 14.2 Å². The van der Waals surface area contributed by atoms with Crippen LogP contribution in [-0.2, 0) is 9.59 Å². The lowest BCUT2D eigenvalue weighted by molar-refractivity contribution is -0.314. The van der Waals surface area contributed by atoms with E-state index in [1.165, 1.54) is 0 Å². The molecule has 1 aromatic carbocycles. The summed E-state index contributed by atoms with van der Waals surface area (Å²) in [6.07, 6.45) is 2.79. The fraction of sp³-hybridized carbons (Fsp3) is 0.556. The number of carboxylic acids is 1. The molecular formula is C18H24NO5-. The van der Waals surface area contributed by atoms with Gasteiger partial charge in [0.15, 0.2) is 11.5 Å². The van der Waals surface area contributed by atoms with Gasteiger partial charge in [-0.15, -0.1) is 0 Å². The van der Waals surface area contributed by atoms with Gasteiger partial charge in [0.2, 0.25) is 5.91 Å². The highest BCUT2D eigenvalue weighted by molar-refractivity contribution is 5.84. The predicted octanol–water partition coefficient (Wildman–Crippen LogP) is 1.44. The lowest BCUT2D eigenvalue weighted by Crippen LogP contribution is -2.45. The molecule has 0 saturated heterocycles. The summed E-state index contributed by atoms with van der Waals surface area (Å²) in [6.45, 7) is 1.86. The fourth-order valence-corrected chi connectivity index (χ4v) is 3.25. The Morgan fingerprint density at radius 1 is 1.12 bits per heavy atom. The average molecular weight is 334 g/mol. The van der Waals surface area contributed by atoms with Crippen molar-refractivity contribution in [3.8, 4) is 11.5 Å². The maximum atomic E-state index is 12.5. The fourth-order valence-electron chi connectivity index (χ4n) is 3.25. The van der Waals surface area contributed by atoms with Crippen LogP contribution in [0.15, 0.2) is 18.2 Å². The maximum absolute atomic E-state index is 12.5. The van der Waals surface area contributed by atoms with Gasteiger partial charge in [0, 0.05) is 17.8 Å². The molecule has 1 saturated carbocycles. The Balaban J connectivity index is 2.09. The van der Waals surface area contributed by atoms with Crippen molar-refractivity contribution in [1.29, 1.82) is 0 Å². The summed E-state index contributed by atoms with van der Waals surface area (Å²) in [5.74, 6) is -1.38. The monoisotopic (exact) mass is 334 g/mol. The summed E-state index contributed by atoms with van der Waals surface area (Å²) in [5, 5.41) is 14.2. The van der Waals surface area contributed by atoms with Gasteiger partial charge in [-0.1, -0.05) is 18.9 Å². The number of methoxy groups -OCH3 is 2. The normalized spacial score (nSPS) is 21.6. The Labute approximate surface area is 142 Å². The molecule has 0 unspecified atom stereocenters. The zero-order valence-electron chi connectivity index (χ0n) is 14.3. The van der Waals surface area contributed by atoms with E-state index in [-0.39, 0.29) is 11.9 Å². The predicted molar refractivity (Wildman–Crippen MR) is 86.6 cm³/mol. The molecule has 1 amide bonds. The van der Waals surface area contributed by atoms with Crippen molar-refractivity contribution in [1.82, 2.24) is 5.32 Å². The molecule has 132 valence electrons. The van der Waals surface area contributed by atoms with E-state index in [0.717, 1.165) is 18.4 Å². The van der Waals surface area contributed by atoms with Crippen molar-refractivity contribution in [2.24, 2.45) is 11.8 Å². The highest BCUT2D eigenvalue weighted by Gasteiger charge is 2.32. The molecule has 0 bridgehead atoms. The number of carboxylic acid groups (broad SMARTS) is 1. The number of carbonyl (C=O) groups excluding carboxylic acids is 2. The Bertz CT molecular complexity index is 601. The molecule has 24 heavy (non-hydrogen) atoms. The van der Waals surface area contributed by atoms with Crippen molar-refractivity contribution >= 4 is 11.9 Å². The Morgan fingerprint density at radius 3 is 2.33 bits per heavy atom. The number of amides is 1. The van der Waals surface area contributed by atoms with E-state index in [2.05, 4.69) is 5.32 Å². The lowest BCUT2D eigenvalue weighted by atomic mass is 9.78. The minimum atomic E-state index is -1.13. The first-order valence-electron chi connectivity index (χ1n) is 8.21. The first-order chi connectivity index (χ1) is 11.5. The number of hydrogen-bond acceptors (Lipinski definition) is 5. The van der Waals surface area contributed by atoms with Gasteiger partial charge in [-0.05, 0) is 37.5 Å². The molecular weight excluding hydrogens is 310 g/mol. The first-order valence-corrected chi connectivity index (χ1v) is 8.21. The summed E-state index contributed by atoms with van der Waals surface area (Å²) in [7, 11) is 3.11. The highest BCUT2D eigenvalue weighted by Crippen LogP contribution is 2.32. The molecule has 6 nitrogen and oxygen atoms in total. The zero-order valence-corrected chi connectivity index (χ0v) is 14.3. The SMILES string of the molecule is COc1ccc([C@H](C)NC(=O)[C@H]2CCCC[C@@H]2C(=O)[O-])cc1OC. The van der Waals surface area contributed by atoms with Gasteiger partial charge in [-0.3, -0.25) is 4.79 Å². The van der Waals surface area contributed by atoms with E-state index in [4.69, 9.17) is 9.47 Å². The third kappa shape index (κ3) is 3.99. The summed E-state index contributed by atoms with van der Waals surface area (Å²) >= 11 is 0. The molecule has 1 fully saturated rings. The van der Waals surface area contributed by atoms with E-state index in [9.17, 15) is 14.7 Å². The third-order valence-electron chi connectivity index (χ3n) is 4.67. The molecule has 2 rings (SSSR count). The van der Waals surface area contributed by atoms with Crippen LogP contribution in [0.2, 0.25) is 0 Å². The molecule has 0 heterocycles. The maximum Gasteiger partial charge on any atom is 0.224 e. The second-order valence-corrected chi connectivity index (χ2v) is 6.16. The van der Waals surface area contributed by atoms with Crippen molar-refractivity contribution < 1.29 is 24.2 Å². The van der Waals surface area contributed by atoms with Crippen molar-refractivity contribution in [3.63, 3.8) is 0 Å². The van der Waals surface area contributed by atoms with E-state index in [0.29, 0.717) is 24.3 Å². The quantitative estimate of drug-likeness (QED) is 0.850. The van der Waals surface area contributed by atoms with Crippen molar-refractivity contribution in [3.05, 3.63) is 23.8 Å². The summed E-state index contributed by atoms with van der Waals surface area (Å²) in [4.78, 5) is 23.8. The second kappa shape index (κ2) is 8.04. The van der Waals surface area contributed by atoms with Crippen LogP contribution >= 0.6 is 0 Å². The van der Waals surface area contributed by atoms with Gasteiger partial charge in [0.25, 0.3) is 0 Å². The zero-order chi connectivity index (χ0) is 17.7. The molecule has 6 heteroatoms. The van der Waals surface area contributed by atoms with E-state index in [1.54, 1.807) is 26.4 Å². The third-order valence-corrected chi connectivity index (χ3v) is 4.67. The molecule has 0 aliphatic heterocycles. The van der Waals surface area contributed by atoms with E-state index >= 15 is 0 Å². The van der Waals surface area contributed by atoms with Crippen LogP contribution in [-0.4, -0.2) is 26.1 Å². The Hall–Kier alpha value is -2.24. The molecule has 3 atom stereocenters. The average Bonchev–Trinajstić information content (AvgIpc) is 2.60. The van der Waals surface area contributed by atoms with Crippen LogP contribution in [0.3, 0.4) is 0 Å².